The molecule has 3 aliphatic carbocycles. The average Bonchev–Trinajstić information content (AvgIpc) is 2.97. The van der Waals surface area contributed by atoms with E-state index in [9.17, 15) is 0 Å². The van der Waals surface area contributed by atoms with Crippen LogP contribution in [-0.2, 0) is 4.74 Å². The van der Waals surface area contributed by atoms with Crippen LogP contribution in [0, 0.1) is 34.5 Å². The van der Waals surface area contributed by atoms with E-state index in [-0.39, 0.29) is 5.60 Å². The molecule has 17 heavy (non-hydrogen) atoms. The molecule has 0 aromatic heterocycles. The minimum absolute atomic E-state index is 0.258. The summed E-state index contributed by atoms with van der Waals surface area (Å²) < 4.78 is 6.04. The standard InChI is InChI=1S/C16H28O/c1-10-14(2,3)12-8-7-11-9-16(11,17-6)13(12)15(10,4)5/h10-13H,7-9H2,1-6H3. The Bertz CT molecular complexity index is 343. The van der Waals surface area contributed by atoms with Crippen LogP contribution in [0.5, 0.6) is 0 Å². The molecule has 3 aliphatic rings. The van der Waals surface area contributed by atoms with Crippen LogP contribution in [0.25, 0.3) is 0 Å². The highest BCUT2D eigenvalue weighted by atomic mass is 16.5. The molecule has 0 spiro atoms. The second-order valence-electron chi connectivity index (χ2n) is 8.09. The first-order valence-electron chi connectivity index (χ1n) is 7.33. The topological polar surface area (TPSA) is 9.23 Å². The fourth-order valence-corrected chi connectivity index (χ4v) is 5.82. The van der Waals surface area contributed by atoms with Crippen LogP contribution in [0.2, 0.25) is 0 Å². The molecular weight excluding hydrogens is 208 g/mol. The van der Waals surface area contributed by atoms with Crippen LogP contribution in [0.3, 0.4) is 0 Å². The molecule has 1 nitrogen and oxygen atoms in total. The molecule has 0 radical (unpaired) electrons. The van der Waals surface area contributed by atoms with Gasteiger partial charge in [0, 0.05) is 7.11 Å². The van der Waals surface area contributed by atoms with Crippen molar-refractivity contribution in [2.45, 2.75) is 59.5 Å². The van der Waals surface area contributed by atoms with Gasteiger partial charge in [-0.05, 0) is 53.8 Å². The van der Waals surface area contributed by atoms with Gasteiger partial charge >= 0.3 is 0 Å². The molecule has 3 fully saturated rings. The predicted molar refractivity (Wildman–Crippen MR) is 70.8 cm³/mol. The highest BCUT2D eigenvalue weighted by Crippen LogP contribution is 2.74. The summed E-state index contributed by atoms with van der Waals surface area (Å²) in [6.07, 6.45) is 4.17. The van der Waals surface area contributed by atoms with E-state index < -0.39 is 0 Å². The smallest absolute Gasteiger partial charge is 0.0747 e. The zero-order chi connectivity index (χ0) is 12.6. The van der Waals surface area contributed by atoms with Gasteiger partial charge in [-0.3, -0.25) is 0 Å². The van der Waals surface area contributed by atoms with Crippen LogP contribution in [0.15, 0.2) is 0 Å². The first-order valence-corrected chi connectivity index (χ1v) is 7.33. The van der Waals surface area contributed by atoms with Crippen molar-refractivity contribution in [3.63, 3.8) is 0 Å². The first-order chi connectivity index (χ1) is 7.78. The van der Waals surface area contributed by atoms with E-state index >= 15 is 0 Å². The monoisotopic (exact) mass is 236 g/mol. The van der Waals surface area contributed by atoms with Gasteiger partial charge < -0.3 is 4.74 Å². The van der Waals surface area contributed by atoms with Crippen LogP contribution >= 0.6 is 0 Å². The van der Waals surface area contributed by atoms with Crippen molar-refractivity contribution in [3.8, 4) is 0 Å². The van der Waals surface area contributed by atoms with Gasteiger partial charge in [0.15, 0.2) is 0 Å². The van der Waals surface area contributed by atoms with Crippen LogP contribution in [0.4, 0.5) is 0 Å². The Kier molecular flexibility index (Phi) is 2.19. The Morgan fingerprint density at radius 1 is 1.00 bits per heavy atom. The van der Waals surface area contributed by atoms with E-state index in [4.69, 9.17) is 4.74 Å². The van der Waals surface area contributed by atoms with Gasteiger partial charge in [0.2, 0.25) is 0 Å². The Morgan fingerprint density at radius 2 is 1.65 bits per heavy atom. The fraction of sp³-hybridized carbons (Fsp3) is 1.00. The van der Waals surface area contributed by atoms with Crippen molar-refractivity contribution in [3.05, 3.63) is 0 Å². The predicted octanol–water partition coefficient (Wildman–Crippen LogP) is 4.12. The maximum atomic E-state index is 6.04. The molecule has 0 N–H and O–H groups in total. The molecule has 0 bridgehead atoms. The van der Waals surface area contributed by atoms with Crippen molar-refractivity contribution in [1.82, 2.24) is 0 Å². The normalized spacial score (nSPS) is 54.0. The lowest BCUT2D eigenvalue weighted by Gasteiger charge is -2.42. The molecule has 0 aromatic carbocycles. The lowest BCUT2D eigenvalue weighted by atomic mass is 9.67. The van der Waals surface area contributed by atoms with Crippen LogP contribution < -0.4 is 0 Å². The maximum Gasteiger partial charge on any atom is 0.0747 e. The molecule has 5 unspecified atom stereocenters. The zero-order valence-electron chi connectivity index (χ0n) is 12.3. The highest BCUT2D eigenvalue weighted by Gasteiger charge is 2.73. The quantitative estimate of drug-likeness (QED) is 0.665. The largest absolute Gasteiger partial charge is 0.378 e. The van der Waals surface area contributed by atoms with E-state index in [1.54, 1.807) is 0 Å². The highest BCUT2D eigenvalue weighted by molar-refractivity contribution is 5.22. The SMILES string of the molecule is COC12CC1CCC1C2C(C)(C)C(C)C1(C)C. The van der Waals surface area contributed by atoms with Gasteiger partial charge in [0.1, 0.15) is 0 Å². The number of rotatable bonds is 1. The minimum atomic E-state index is 0.258. The fourth-order valence-electron chi connectivity index (χ4n) is 5.82. The summed E-state index contributed by atoms with van der Waals surface area (Å²) in [7, 11) is 1.95. The summed E-state index contributed by atoms with van der Waals surface area (Å²) in [5, 5.41) is 0. The van der Waals surface area contributed by atoms with E-state index in [1.165, 1.54) is 19.3 Å². The molecule has 0 amide bonds. The minimum Gasteiger partial charge on any atom is -0.378 e. The summed E-state index contributed by atoms with van der Waals surface area (Å²) in [6.45, 7) is 12.4. The number of ether oxygens (including phenoxy) is 1. The van der Waals surface area contributed by atoms with Crippen molar-refractivity contribution in [2.75, 3.05) is 7.11 Å². The lowest BCUT2D eigenvalue weighted by molar-refractivity contribution is -0.0635. The summed E-state index contributed by atoms with van der Waals surface area (Å²) in [5.41, 5.74) is 1.17. The molecule has 5 atom stereocenters. The third kappa shape index (κ3) is 1.20. The molecule has 3 saturated carbocycles. The zero-order valence-corrected chi connectivity index (χ0v) is 12.3. The molecule has 0 aromatic rings. The van der Waals surface area contributed by atoms with Gasteiger partial charge in [-0.2, -0.15) is 0 Å². The van der Waals surface area contributed by atoms with E-state index in [2.05, 4.69) is 34.6 Å². The van der Waals surface area contributed by atoms with Gasteiger partial charge in [-0.1, -0.05) is 34.6 Å². The molecule has 0 aliphatic heterocycles. The van der Waals surface area contributed by atoms with Gasteiger partial charge in [-0.25, -0.2) is 0 Å². The summed E-state index contributed by atoms with van der Waals surface area (Å²) >= 11 is 0. The number of methoxy groups -OCH3 is 1. The van der Waals surface area contributed by atoms with Crippen molar-refractivity contribution in [2.24, 2.45) is 34.5 Å². The van der Waals surface area contributed by atoms with Crippen molar-refractivity contribution < 1.29 is 4.74 Å². The molecule has 1 heteroatoms. The second kappa shape index (κ2) is 3.10. The Balaban J connectivity index is 2.06. The Morgan fingerprint density at radius 3 is 2.24 bits per heavy atom. The second-order valence-corrected chi connectivity index (χ2v) is 8.09. The van der Waals surface area contributed by atoms with E-state index in [0.29, 0.717) is 10.8 Å². The van der Waals surface area contributed by atoms with Crippen molar-refractivity contribution >= 4 is 0 Å². The molecule has 98 valence electrons. The van der Waals surface area contributed by atoms with E-state index in [0.717, 1.165) is 23.7 Å². The number of fused-ring (bicyclic) bond motifs is 3. The first kappa shape index (κ1) is 12.0. The third-order valence-corrected chi connectivity index (χ3v) is 7.22. The third-order valence-electron chi connectivity index (χ3n) is 7.22. The van der Waals surface area contributed by atoms with Crippen molar-refractivity contribution in [1.29, 1.82) is 0 Å². The van der Waals surface area contributed by atoms with Gasteiger partial charge in [-0.15, -0.1) is 0 Å². The molecule has 3 rings (SSSR count). The molecule has 0 saturated heterocycles. The Hall–Kier alpha value is -0.0400. The summed E-state index contributed by atoms with van der Waals surface area (Å²) in [6, 6.07) is 0. The summed E-state index contributed by atoms with van der Waals surface area (Å²) in [4.78, 5) is 0. The van der Waals surface area contributed by atoms with E-state index in [1.807, 2.05) is 7.11 Å². The maximum absolute atomic E-state index is 6.04. The molecular formula is C16H28O. The van der Waals surface area contributed by atoms with Gasteiger partial charge in [0.25, 0.3) is 0 Å². The average molecular weight is 236 g/mol. The number of hydrogen-bond acceptors (Lipinski definition) is 1. The number of hydrogen-bond donors (Lipinski definition) is 0. The van der Waals surface area contributed by atoms with Crippen LogP contribution in [-0.4, -0.2) is 12.7 Å². The van der Waals surface area contributed by atoms with Gasteiger partial charge in [0.05, 0.1) is 5.60 Å². The van der Waals surface area contributed by atoms with Crippen LogP contribution in [0.1, 0.15) is 53.9 Å². The lowest BCUT2D eigenvalue weighted by Crippen LogP contribution is -2.42. The Labute approximate surface area is 106 Å². The summed E-state index contributed by atoms with van der Waals surface area (Å²) in [5.74, 6) is 3.31. The molecule has 0 heterocycles.